The van der Waals surface area contributed by atoms with E-state index >= 15 is 0 Å². The zero-order chi connectivity index (χ0) is 24.8. The summed E-state index contributed by atoms with van der Waals surface area (Å²) in [7, 11) is 0. The zero-order valence-corrected chi connectivity index (χ0v) is 21.2. The lowest BCUT2D eigenvalue weighted by Crippen LogP contribution is -2.61. The molecule has 0 aromatic rings. The fourth-order valence-electron chi connectivity index (χ4n) is 7.47. The van der Waals surface area contributed by atoms with Crippen LogP contribution in [0.15, 0.2) is 0 Å². The van der Waals surface area contributed by atoms with Crippen molar-refractivity contribution >= 4 is 29.5 Å². The quantitative estimate of drug-likeness (QED) is 0.324. The normalized spacial score (nSPS) is 44.9. The Hall–Kier alpha value is -1.16. The predicted molar refractivity (Wildman–Crippen MR) is 130 cm³/mol. The SMILES string of the molecule is CC(O)[C@H]1C(=O)C2C(C(=O)O)C(S[C@@H]3CN[C@H](CNCC4CCC(C(=O)O)CC4)C3)[C@H](C)[C@@]21C. The van der Waals surface area contributed by atoms with E-state index < -0.39 is 41.2 Å². The van der Waals surface area contributed by atoms with Gasteiger partial charge in [-0.1, -0.05) is 13.8 Å². The second-order valence-corrected chi connectivity index (χ2v) is 12.9. The van der Waals surface area contributed by atoms with Gasteiger partial charge in [0, 0.05) is 35.5 Å². The van der Waals surface area contributed by atoms with Crippen LogP contribution in [0.2, 0.25) is 0 Å². The average Bonchev–Trinajstić information content (AvgIpc) is 3.29. The van der Waals surface area contributed by atoms with Crippen molar-refractivity contribution in [2.24, 2.45) is 40.9 Å². The van der Waals surface area contributed by atoms with E-state index in [2.05, 4.69) is 17.6 Å². The molecule has 192 valence electrons. The molecule has 1 aliphatic heterocycles. The largest absolute Gasteiger partial charge is 0.481 e. The van der Waals surface area contributed by atoms with Gasteiger partial charge in [0.15, 0.2) is 0 Å². The molecule has 34 heavy (non-hydrogen) atoms. The highest BCUT2D eigenvalue weighted by Gasteiger charge is 2.73. The number of aliphatic hydroxyl groups excluding tert-OH is 1. The van der Waals surface area contributed by atoms with Gasteiger partial charge >= 0.3 is 11.9 Å². The first-order valence-electron chi connectivity index (χ1n) is 12.8. The number of aliphatic carboxylic acids is 2. The van der Waals surface area contributed by atoms with E-state index in [1.807, 2.05) is 6.92 Å². The van der Waals surface area contributed by atoms with Crippen LogP contribution in [0.3, 0.4) is 0 Å². The van der Waals surface area contributed by atoms with Crippen molar-refractivity contribution in [3.63, 3.8) is 0 Å². The average molecular weight is 497 g/mol. The van der Waals surface area contributed by atoms with Crippen LogP contribution < -0.4 is 10.6 Å². The number of carbonyl (C=O) groups excluding carboxylic acids is 1. The standard InChI is InChI=1S/C25H40N2O6S/c1-12-22(18(24(32)33)20-21(29)19(13(2)28)25(12,20)3)34-17-8-16(27-11-17)10-26-9-14-4-6-15(7-5-14)23(30)31/h12-20,22,26-28H,4-11H2,1-3H3,(H,30,31)(H,32,33)/t12-,13?,14?,15?,16-,17-,18?,19-,20?,22?,25+/m0/s1. The van der Waals surface area contributed by atoms with Gasteiger partial charge in [-0.25, -0.2) is 0 Å². The second kappa shape index (κ2) is 10.1. The number of nitrogens with one attached hydrogen (secondary N) is 2. The molecule has 0 radical (unpaired) electrons. The smallest absolute Gasteiger partial charge is 0.308 e. The molecule has 4 fully saturated rings. The molecule has 4 unspecified atom stereocenters. The molecule has 0 bridgehead atoms. The van der Waals surface area contributed by atoms with Crippen molar-refractivity contribution in [3.8, 4) is 0 Å². The summed E-state index contributed by atoms with van der Waals surface area (Å²) in [4.78, 5) is 36.1. The van der Waals surface area contributed by atoms with Crippen molar-refractivity contribution < 1.29 is 29.7 Å². The van der Waals surface area contributed by atoms with Crippen molar-refractivity contribution in [2.45, 2.75) is 75.5 Å². The van der Waals surface area contributed by atoms with E-state index in [4.69, 9.17) is 5.11 Å². The zero-order valence-electron chi connectivity index (χ0n) is 20.4. The lowest BCUT2D eigenvalue weighted by molar-refractivity contribution is -0.172. The Kier molecular flexibility index (Phi) is 7.68. The highest BCUT2D eigenvalue weighted by Crippen LogP contribution is 2.67. The number of hydrogen-bond acceptors (Lipinski definition) is 7. The van der Waals surface area contributed by atoms with Crippen LogP contribution >= 0.6 is 11.8 Å². The number of rotatable bonds is 9. The maximum atomic E-state index is 12.8. The molecule has 1 heterocycles. The molecule has 0 aromatic carbocycles. The molecular weight excluding hydrogens is 456 g/mol. The number of hydrogen-bond donors (Lipinski definition) is 5. The molecule has 9 heteroatoms. The fourth-order valence-corrected chi connectivity index (χ4v) is 9.42. The van der Waals surface area contributed by atoms with Gasteiger partial charge in [0.25, 0.3) is 0 Å². The van der Waals surface area contributed by atoms with Gasteiger partial charge in [-0.2, -0.15) is 11.8 Å². The van der Waals surface area contributed by atoms with Crippen LogP contribution in [0.1, 0.15) is 52.9 Å². The van der Waals surface area contributed by atoms with Crippen molar-refractivity contribution in [3.05, 3.63) is 0 Å². The maximum absolute atomic E-state index is 12.8. The van der Waals surface area contributed by atoms with E-state index in [9.17, 15) is 24.6 Å². The highest BCUT2D eigenvalue weighted by molar-refractivity contribution is 8.00. The minimum absolute atomic E-state index is 0.0407. The first kappa shape index (κ1) is 25.9. The van der Waals surface area contributed by atoms with E-state index in [0.29, 0.717) is 17.2 Å². The first-order valence-corrected chi connectivity index (χ1v) is 13.8. The molecule has 9 atom stereocenters. The Bertz CT molecular complexity index is 800. The molecule has 1 saturated heterocycles. The molecular formula is C25H40N2O6S. The summed E-state index contributed by atoms with van der Waals surface area (Å²) >= 11 is 1.73. The van der Waals surface area contributed by atoms with Gasteiger partial charge in [0.05, 0.1) is 23.9 Å². The number of carboxylic acids is 2. The molecule has 4 rings (SSSR count). The van der Waals surface area contributed by atoms with Gasteiger partial charge in [-0.3, -0.25) is 14.4 Å². The molecule has 0 amide bonds. The molecule has 5 N–H and O–H groups in total. The number of thioether (sulfide) groups is 1. The third-order valence-electron chi connectivity index (χ3n) is 9.46. The van der Waals surface area contributed by atoms with Crippen molar-refractivity contribution in [1.29, 1.82) is 0 Å². The van der Waals surface area contributed by atoms with Crippen LogP contribution in [0, 0.1) is 40.9 Å². The Morgan fingerprint density at radius 2 is 1.85 bits per heavy atom. The van der Waals surface area contributed by atoms with Crippen LogP contribution in [0.4, 0.5) is 0 Å². The molecule has 0 spiro atoms. The summed E-state index contributed by atoms with van der Waals surface area (Å²) in [6.07, 6.45) is 3.66. The Morgan fingerprint density at radius 1 is 1.18 bits per heavy atom. The van der Waals surface area contributed by atoms with Gasteiger partial charge < -0.3 is 26.0 Å². The summed E-state index contributed by atoms with van der Waals surface area (Å²) in [5, 5.41) is 36.6. The lowest BCUT2D eigenvalue weighted by Gasteiger charge is -2.53. The van der Waals surface area contributed by atoms with Crippen molar-refractivity contribution in [1.82, 2.24) is 10.6 Å². The van der Waals surface area contributed by atoms with E-state index in [0.717, 1.165) is 51.7 Å². The minimum atomic E-state index is -0.891. The van der Waals surface area contributed by atoms with Gasteiger partial charge in [-0.05, 0) is 62.8 Å². The number of Topliss-reactive ketones (excluding diaryl/α,β-unsaturated/α-hetero) is 1. The van der Waals surface area contributed by atoms with Crippen LogP contribution in [0.5, 0.6) is 0 Å². The van der Waals surface area contributed by atoms with Crippen LogP contribution in [-0.4, -0.2) is 75.3 Å². The van der Waals surface area contributed by atoms with Crippen LogP contribution in [0.25, 0.3) is 0 Å². The highest BCUT2D eigenvalue weighted by atomic mass is 32.2. The van der Waals surface area contributed by atoms with E-state index in [1.165, 1.54) is 0 Å². The maximum Gasteiger partial charge on any atom is 0.308 e. The summed E-state index contributed by atoms with van der Waals surface area (Å²) < 4.78 is 0. The first-order chi connectivity index (χ1) is 16.1. The van der Waals surface area contributed by atoms with Crippen molar-refractivity contribution in [2.75, 3.05) is 19.6 Å². The van der Waals surface area contributed by atoms with Gasteiger partial charge in [-0.15, -0.1) is 0 Å². The van der Waals surface area contributed by atoms with Crippen LogP contribution in [-0.2, 0) is 14.4 Å². The third kappa shape index (κ3) is 4.53. The molecule has 3 saturated carbocycles. The molecule has 0 aromatic heterocycles. The minimum Gasteiger partial charge on any atom is -0.481 e. The number of fused-ring (bicyclic) bond motifs is 1. The Labute approximate surface area is 206 Å². The number of aliphatic hydroxyl groups is 1. The summed E-state index contributed by atoms with van der Waals surface area (Å²) in [6.45, 7) is 8.29. The number of ketones is 1. The molecule has 3 aliphatic carbocycles. The third-order valence-corrected chi connectivity index (χ3v) is 11.2. The second-order valence-electron chi connectivity index (χ2n) is 11.4. The fraction of sp³-hybridized carbons (Fsp3) is 0.880. The number of carbonyl (C=O) groups is 3. The summed E-state index contributed by atoms with van der Waals surface area (Å²) in [5.41, 5.74) is -0.460. The predicted octanol–water partition coefficient (Wildman–Crippen LogP) is 1.85. The van der Waals surface area contributed by atoms with E-state index in [1.54, 1.807) is 18.7 Å². The Balaban J connectivity index is 1.27. The van der Waals surface area contributed by atoms with E-state index in [-0.39, 0.29) is 22.9 Å². The molecule has 4 aliphatic rings. The monoisotopic (exact) mass is 496 g/mol. The summed E-state index contributed by atoms with van der Waals surface area (Å²) in [6, 6.07) is 0.326. The topological polar surface area (TPSA) is 136 Å². The Morgan fingerprint density at radius 3 is 2.44 bits per heavy atom. The van der Waals surface area contributed by atoms with Gasteiger partial charge in [0.1, 0.15) is 5.78 Å². The summed E-state index contributed by atoms with van der Waals surface area (Å²) in [5.74, 6) is -2.90. The van der Waals surface area contributed by atoms with Gasteiger partial charge in [0.2, 0.25) is 0 Å². The number of carboxylic acid groups (broad SMARTS) is 2. The lowest BCUT2D eigenvalue weighted by atomic mass is 9.49. The molecule has 8 nitrogen and oxygen atoms in total.